The van der Waals surface area contributed by atoms with E-state index < -0.39 is 0 Å². The number of hydrogen-bond acceptors (Lipinski definition) is 3. The minimum absolute atomic E-state index is 0.130. The lowest BCUT2D eigenvalue weighted by molar-refractivity contribution is -0.117. The highest BCUT2D eigenvalue weighted by Crippen LogP contribution is 2.47. The van der Waals surface area contributed by atoms with Gasteiger partial charge in [-0.25, -0.2) is 0 Å². The number of para-hydroxylation sites is 1. The molecule has 2 heterocycles. The fourth-order valence-electron chi connectivity index (χ4n) is 3.01. The molecule has 0 fully saturated rings. The quantitative estimate of drug-likeness (QED) is 0.675. The molecule has 0 N–H and O–H groups in total. The first-order valence-electron chi connectivity index (χ1n) is 7.89. The highest BCUT2D eigenvalue weighted by atomic mass is 32.2. The molecule has 24 heavy (non-hydrogen) atoms. The van der Waals surface area contributed by atoms with Crippen LogP contribution in [0.2, 0.25) is 0 Å². The number of hydrogen-bond donors (Lipinski definition) is 0. The van der Waals surface area contributed by atoms with Crippen molar-refractivity contribution in [3.05, 3.63) is 83.8 Å². The maximum atomic E-state index is 13.1. The first-order chi connectivity index (χ1) is 11.7. The molecule has 2 aromatic carbocycles. The zero-order valence-corrected chi connectivity index (χ0v) is 14.1. The molecule has 4 heteroatoms. The van der Waals surface area contributed by atoms with Crippen LogP contribution in [0, 0.1) is 6.92 Å². The van der Waals surface area contributed by atoms with Crippen molar-refractivity contribution in [2.45, 2.75) is 23.6 Å². The Morgan fingerprint density at radius 2 is 1.79 bits per heavy atom. The van der Waals surface area contributed by atoms with Crippen molar-refractivity contribution >= 4 is 23.4 Å². The first-order valence-corrected chi connectivity index (χ1v) is 8.77. The van der Waals surface area contributed by atoms with Crippen LogP contribution in [0.5, 0.6) is 0 Å². The van der Waals surface area contributed by atoms with Gasteiger partial charge < -0.3 is 9.32 Å². The van der Waals surface area contributed by atoms with Crippen LogP contribution in [0.25, 0.3) is 0 Å². The van der Waals surface area contributed by atoms with Crippen LogP contribution in [0.15, 0.2) is 76.2 Å². The van der Waals surface area contributed by atoms with Gasteiger partial charge in [-0.1, -0.05) is 48.5 Å². The van der Waals surface area contributed by atoms with E-state index in [1.807, 2.05) is 60.4 Å². The van der Waals surface area contributed by atoms with E-state index in [2.05, 4.69) is 12.1 Å². The van der Waals surface area contributed by atoms with Gasteiger partial charge in [0.2, 0.25) is 5.91 Å². The van der Waals surface area contributed by atoms with Gasteiger partial charge in [0.1, 0.15) is 11.0 Å². The number of aryl methyl sites for hydroxylation is 1. The predicted octanol–water partition coefficient (Wildman–Crippen LogP) is 4.97. The smallest absolute Gasteiger partial charge is 0.245 e. The van der Waals surface area contributed by atoms with Crippen LogP contribution in [0.1, 0.15) is 22.1 Å². The summed E-state index contributed by atoms with van der Waals surface area (Å²) in [7, 11) is 0. The van der Waals surface area contributed by atoms with Gasteiger partial charge in [0.25, 0.3) is 0 Å². The summed E-state index contributed by atoms with van der Waals surface area (Å²) in [6.45, 7) is 2.52. The molecule has 3 aromatic rings. The van der Waals surface area contributed by atoms with Crippen molar-refractivity contribution in [3.8, 4) is 0 Å². The summed E-state index contributed by atoms with van der Waals surface area (Å²) in [4.78, 5) is 16.0. The Balaban J connectivity index is 1.67. The number of furan rings is 1. The standard InChI is InChI=1S/C20H17NO2S/c1-14-18(11-12-23-14)24-19-16-9-5-6-10-17(16)21(20(19)22)13-15-7-3-2-4-8-15/h2-12,19H,13H2,1H3. The van der Waals surface area contributed by atoms with Crippen LogP contribution >= 0.6 is 11.8 Å². The lowest BCUT2D eigenvalue weighted by Crippen LogP contribution is -2.27. The van der Waals surface area contributed by atoms with Gasteiger partial charge in [0.05, 0.1) is 12.8 Å². The third-order valence-electron chi connectivity index (χ3n) is 4.24. The van der Waals surface area contributed by atoms with Gasteiger partial charge >= 0.3 is 0 Å². The number of amides is 1. The summed E-state index contributed by atoms with van der Waals surface area (Å²) >= 11 is 1.56. The molecule has 1 aliphatic heterocycles. The maximum Gasteiger partial charge on any atom is 0.245 e. The van der Waals surface area contributed by atoms with Crippen molar-refractivity contribution in [3.63, 3.8) is 0 Å². The van der Waals surface area contributed by atoms with E-state index in [4.69, 9.17) is 4.42 Å². The summed E-state index contributed by atoms with van der Waals surface area (Å²) < 4.78 is 5.37. The fraction of sp³-hybridized carbons (Fsp3) is 0.150. The molecular formula is C20H17NO2S. The van der Waals surface area contributed by atoms with E-state index in [1.54, 1.807) is 18.0 Å². The second kappa shape index (κ2) is 6.21. The van der Waals surface area contributed by atoms with Crippen molar-refractivity contribution in [1.29, 1.82) is 0 Å². The molecule has 3 nitrogen and oxygen atoms in total. The van der Waals surface area contributed by atoms with Gasteiger partial charge in [-0.05, 0) is 30.2 Å². The largest absolute Gasteiger partial charge is 0.468 e. The molecule has 1 aromatic heterocycles. The molecule has 1 amide bonds. The van der Waals surface area contributed by atoms with E-state index in [-0.39, 0.29) is 11.2 Å². The summed E-state index contributed by atoms with van der Waals surface area (Å²) in [5.74, 6) is 0.984. The molecule has 1 aliphatic rings. The molecule has 0 radical (unpaired) electrons. The topological polar surface area (TPSA) is 33.5 Å². The molecule has 120 valence electrons. The molecule has 0 spiro atoms. The second-order valence-electron chi connectivity index (χ2n) is 5.81. The van der Waals surface area contributed by atoms with Crippen molar-refractivity contribution in [1.82, 2.24) is 0 Å². The first kappa shape index (κ1) is 15.1. The monoisotopic (exact) mass is 335 g/mol. The highest BCUT2D eigenvalue weighted by molar-refractivity contribution is 8.00. The molecule has 0 bridgehead atoms. The number of rotatable bonds is 4. The molecule has 1 unspecified atom stereocenters. The number of carbonyl (C=O) groups excluding carboxylic acids is 1. The summed E-state index contributed by atoms with van der Waals surface area (Å²) in [5.41, 5.74) is 3.21. The summed E-state index contributed by atoms with van der Waals surface area (Å²) in [5, 5.41) is -0.221. The average Bonchev–Trinajstić information content (AvgIpc) is 3.13. The second-order valence-corrected chi connectivity index (χ2v) is 6.95. The molecular weight excluding hydrogens is 318 g/mol. The van der Waals surface area contributed by atoms with Crippen LogP contribution in [-0.4, -0.2) is 5.91 Å². The maximum absolute atomic E-state index is 13.1. The molecule has 0 aliphatic carbocycles. The lowest BCUT2D eigenvalue weighted by atomic mass is 10.1. The number of nitrogens with zero attached hydrogens (tertiary/aromatic N) is 1. The average molecular weight is 335 g/mol. The van der Waals surface area contributed by atoms with E-state index in [0.717, 1.165) is 27.5 Å². The predicted molar refractivity (Wildman–Crippen MR) is 96.1 cm³/mol. The zero-order valence-electron chi connectivity index (χ0n) is 13.3. The van der Waals surface area contributed by atoms with Crippen molar-refractivity contribution < 1.29 is 9.21 Å². The summed E-state index contributed by atoms with van der Waals surface area (Å²) in [6, 6.07) is 20.1. The fourth-order valence-corrected chi connectivity index (χ4v) is 4.17. The molecule has 0 saturated heterocycles. The Kier molecular flexibility index (Phi) is 3.90. The zero-order chi connectivity index (χ0) is 16.5. The van der Waals surface area contributed by atoms with E-state index >= 15 is 0 Å². The van der Waals surface area contributed by atoms with Gasteiger partial charge in [-0.2, -0.15) is 0 Å². The minimum Gasteiger partial charge on any atom is -0.468 e. The summed E-state index contributed by atoms with van der Waals surface area (Å²) in [6.07, 6.45) is 1.67. The van der Waals surface area contributed by atoms with Gasteiger partial charge in [0.15, 0.2) is 0 Å². The Morgan fingerprint density at radius 1 is 1.04 bits per heavy atom. The SMILES string of the molecule is Cc1occc1SC1C(=O)N(Cc2ccccc2)c2ccccc21. The van der Waals surface area contributed by atoms with Crippen molar-refractivity contribution in [2.24, 2.45) is 0 Å². The number of anilines is 1. The third kappa shape index (κ3) is 2.63. The van der Waals surface area contributed by atoms with Gasteiger partial charge in [0, 0.05) is 10.6 Å². The molecule has 0 saturated carbocycles. The Hall–Kier alpha value is -2.46. The van der Waals surface area contributed by atoms with Crippen molar-refractivity contribution in [2.75, 3.05) is 4.90 Å². The number of fused-ring (bicyclic) bond motifs is 1. The van der Waals surface area contributed by atoms with E-state index in [0.29, 0.717) is 6.54 Å². The van der Waals surface area contributed by atoms with Crippen LogP contribution in [0.3, 0.4) is 0 Å². The number of benzene rings is 2. The third-order valence-corrected chi connectivity index (χ3v) is 5.61. The van der Waals surface area contributed by atoms with E-state index in [9.17, 15) is 4.79 Å². The Morgan fingerprint density at radius 3 is 2.54 bits per heavy atom. The van der Waals surface area contributed by atoms with Crippen LogP contribution < -0.4 is 4.90 Å². The Bertz CT molecular complexity index is 872. The Labute approximate surface area is 145 Å². The highest BCUT2D eigenvalue weighted by Gasteiger charge is 2.38. The minimum atomic E-state index is -0.221. The van der Waals surface area contributed by atoms with Gasteiger partial charge in [-0.15, -0.1) is 11.8 Å². The molecule has 4 rings (SSSR count). The van der Waals surface area contributed by atoms with Crippen LogP contribution in [0.4, 0.5) is 5.69 Å². The van der Waals surface area contributed by atoms with Gasteiger partial charge in [-0.3, -0.25) is 4.79 Å². The van der Waals surface area contributed by atoms with Crippen LogP contribution in [-0.2, 0) is 11.3 Å². The number of thioether (sulfide) groups is 1. The van der Waals surface area contributed by atoms with E-state index in [1.165, 1.54) is 0 Å². The lowest BCUT2D eigenvalue weighted by Gasteiger charge is -2.18. The number of carbonyl (C=O) groups is 1. The normalized spacial score (nSPS) is 16.5. The molecule has 1 atom stereocenters.